The number of rotatable bonds is 5. The molecule has 1 aromatic rings. The van der Waals surface area contributed by atoms with E-state index in [1.165, 1.54) is 13.3 Å². The lowest BCUT2D eigenvalue weighted by Crippen LogP contribution is -2.36. The first kappa shape index (κ1) is 12.2. The lowest BCUT2D eigenvalue weighted by molar-refractivity contribution is -0.160. The predicted molar refractivity (Wildman–Crippen MR) is 55.0 cm³/mol. The fourth-order valence-electron chi connectivity index (χ4n) is 1.03. The molecule has 85 valence electrons. The van der Waals surface area contributed by atoms with Crippen LogP contribution in [0.5, 0.6) is 0 Å². The summed E-state index contributed by atoms with van der Waals surface area (Å²) >= 11 is 0. The van der Waals surface area contributed by atoms with E-state index in [9.17, 15) is 9.59 Å². The minimum absolute atomic E-state index is 0.108. The molecule has 0 spiro atoms. The van der Waals surface area contributed by atoms with Crippen molar-refractivity contribution in [1.29, 1.82) is 0 Å². The van der Waals surface area contributed by atoms with Gasteiger partial charge in [0.15, 0.2) is 6.04 Å². The van der Waals surface area contributed by atoms with E-state index in [0.29, 0.717) is 0 Å². The van der Waals surface area contributed by atoms with E-state index in [0.717, 1.165) is 5.56 Å². The monoisotopic (exact) mass is 222 g/mol. The lowest BCUT2D eigenvalue weighted by atomic mass is 10.2. The van der Waals surface area contributed by atoms with Gasteiger partial charge in [0.05, 0.1) is 0 Å². The Morgan fingerprint density at radius 3 is 2.69 bits per heavy atom. The average Bonchev–Trinajstić information content (AvgIpc) is 2.35. The molecule has 0 bridgehead atoms. The zero-order valence-electron chi connectivity index (χ0n) is 8.79. The van der Waals surface area contributed by atoms with Gasteiger partial charge in [-0.2, -0.15) is 0 Å². The third-order valence-corrected chi connectivity index (χ3v) is 2.03. The summed E-state index contributed by atoms with van der Waals surface area (Å²) in [6.45, 7) is 1.45. The molecule has 0 aliphatic carbocycles. The molecule has 1 rings (SSSR count). The van der Waals surface area contributed by atoms with Crippen molar-refractivity contribution in [3.8, 4) is 0 Å². The van der Waals surface area contributed by atoms with Crippen molar-refractivity contribution in [2.75, 3.05) is 0 Å². The van der Waals surface area contributed by atoms with Crippen molar-refractivity contribution in [1.82, 2.24) is 5.06 Å². The molecule has 5 heteroatoms. The van der Waals surface area contributed by atoms with Gasteiger partial charge in [-0.3, -0.25) is 10.0 Å². The van der Waals surface area contributed by atoms with Gasteiger partial charge in [0.2, 0.25) is 0 Å². The topological polar surface area (TPSA) is 66.8 Å². The van der Waals surface area contributed by atoms with E-state index in [1.807, 2.05) is 18.2 Å². The highest BCUT2D eigenvalue weighted by molar-refractivity contribution is 5.77. The number of nitrogens with zero attached hydrogens (tertiary/aromatic N) is 1. The van der Waals surface area contributed by atoms with Crippen molar-refractivity contribution in [3.63, 3.8) is 0 Å². The number of benzene rings is 1. The molecule has 0 saturated carbocycles. The molecule has 0 aliphatic heterocycles. The van der Waals surface area contributed by atoms with Crippen molar-refractivity contribution in [3.05, 3.63) is 35.9 Å². The van der Waals surface area contributed by atoms with Crippen LogP contribution in [-0.4, -0.2) is 28.7 Å². The van der Waals surface area contributed by atoms with Crippen LogP contribution in [0.3, 0.4) is 0 Å². The Hall–Kier alpha value is -1.88. The highest BCUT2D eigenvalue weighted by Gasteiger charge is 2.20. The molecule has 1 N–H and O–H groups in total. The third-order valence-electron chi connectivity index (χ3n) is 2.03. The first-order valence-electron chi connectivity index (χ1n) is 4.71. The van der Waals surface area contributed by atoms with Crippen LogP contribution in [0.25, 0.3) is 0 Å². The van der Waals surface area contributed by atoms with Crippen molar-refractivity contribution < 1.29 is 19.5 Å². The maximum atomic E-state index is 11.3. The molecule has 0 aliphatic rings. The number of esters is 1. The van der Waals surface area contributed by atoms with Crippen molar-refractivity contribution >= 4 is 12.4 Å². The Morgan fingerprint density at radius 2 is 2.12 bits per heavy atom. The Morgan fingerprint density at radius 1 is 1.50 bits per heavy atom. The van der Waals surface area contributed by atoms with Gasteiger partial charge < -0.3 is 4.74 Å². The molecular weight excluding hydrogens is 210 g/mol. The fraction of sp³-hybridized carbons (Fsp3) is 0.273. The summed E-state index contributed by atoms with van der Waals surface area (Å²) in [7, 11) is 0. The Bertz CT molecular complexity index is 352. The van der Waals surface area contributed by atoms with E-state index in [4.69, 9.17) is 9.94 Å². The largest absolute Gasteiger partial charge is 0.459 e. The number of carbonyl (C=O) groups is 1. The fourth-order valence-corrected chi connectivity index (χ4v) is 1.03. The van der Waals surface area contributed by atoms with Crippen LogP contribution < -0.4 is 0 Å². The summed E-state index contributed by atoms with van der Waals surface area (Å²) in [4.78, 5) is 21.4. The Kier molecular flexibility index (Phi) is 4.47. The van der Waals surface area contributed by atoms with Crippen LogP contribution in [0.2, 0.25) is 0 Å². The van der Waals surface area contributed by atoms with Crippen molar-refractivity contribution in [2.45, 2.75) is 19.6 Å². The summed E-state index contributed by atoms with van der Waals surface area (Å²) in [6, 6.07) is 8.06. The molecular formula is C11H12NO4. The second-order valence-corrected chi connectivity index (χ2v) is 3.21. The maximum Gasteiger partial charge on any atom is 0.338 e. The summed E-state index contributed by atoms with van der Waals surface area (Å²) in [5, 5.41) is 9.05. The predicted octanol–water partition coefficient (Wildman–Crippen LogP) is 0.877. The van der Waals surface area contributed by atoms with Crippen LogP contribution in [0.15, 0.2) is 30.3 Å². The summed E-state index contributed by atoms with van der Waals surface area (Å²) < 4.78 is 4.89. The molecule has 0 fully saturated rings. The van der Waals surface area contributed by atoms with Crippen molar-refractivity contribution in [2.24, 2.45) is 0 Å². The molecule has 16 heavy (non-hydrogen) atoms. The van der Waals surface area contributed by atoms with Gasteiger partial charge in [-0.15, -0.1) is 0 Å². The second kappa shape index (κ2) is 5.87. The molecule has 0 saturated heterocycles. The standard InChI is InChI=1S/C11H12NO4/c1-9(12(15)8-13)11(14)16-7-10-5-3-2-4-6-10/h2-6,9,15H,7H2,1H3. The summed E-state index contributed by atoms with van der Waals surface area (Å²) in [5.74, 6) is -0.685. The van der Waals surface area contributed by atoms with Crippen LogP contribution in [-0.2, 0) is 20.9 Å². The zero-order chi connectivity index (χ0) is 12.0. The maximum absolute atomic E-state index is 11.3. The minimum atomic E-state index is -1.05. The number of hydrogen-bond donors (Lipinski definition) is 1. The normalized spacial score (nSPS) is 11.6. The second-order valence-electron chi connectivity index (χ2n) is 3.21. The molecule has 1 aromatic carbocycles. The smallest absolute Gasteiger partial charge is 0.338 e. The Balaban J connectivity index is 2.44. The molecule has 0 aromatic heterocycles. The SMILES string of the molecule is CC(C(=O)OCc1ccccc1)N(O)[C]=O. The third kappa shape index (κ3) is 3.36. The number of ether oxygens (including phenoxy) is 1. The molecule has 0 heterocycles. The van der Waals surface area contributed by atoms with Gasteiger partial charge in [-0.05, 0) is 12.5 Å². The minimum Gasteiger partial charge on any atom is -0.459 e. The molecule has 1 radical (unpaired) electrons. The van der Waals surface area contributed by atoms with Crippen LogP contribution in [0, 0.1) is 0 Å². The van der Waals surface area contributed by atoms with E-state index < -0.39 is 12.0 Å². The lowest BCUT2D eigenvalue weighted by Gasteiger charge is -2.15. The number of amides is 1. The quantitative estimate of drug-likeness (QED) is 0.347. The molecule has 1 amide bonds. The molecule has 1 atom stereocenters. The van der Waals surface area contributed by atoms with Crippen LogP contribution in [0.1, 0.15) is 12.5 Å². The molecule has 1 unspecified atom stereocenters. The first-order chi connectivity index (χ1) is 7.65. The summed E-state index contributed by atoms with van der Waals surface area (Å²) in [6.07, 6.45) is 1.18. The van der Waals surface area contributed by atoms with E-state index >= 15 is 0 Å². The van der Waals surface area contributed by atoms with Crippen LogP contribution >= 0.6 is 0 Å². The van der Waals surface area contributed by atoms with E-state index in [-0.39, 0.29) is 11.7 Å². The molecule has 5 nitrogen and oxygen atoms in total. The van der Waals surface area contributed by atoms with Gasteiger partial charge >= 0.3 is 12.4 Å². The number of carbonyl (C=O) groups excluding carboxylic acids is 2. The number of hydrogen-bond acceptors (Lipinski definition) is 4. The Labute approximate surface area is 93.2 Å². The number of hydroxylamine groups is 2. The van der Waals surface area contributed by atoms with Gasteiger partial charge in [-0.1, -0.05) is 30.3 Å². The highest BCUT2D eigenvalue weighted by Crippen LogP contribution is 2.03. The zero-order valence-corrected chi connectivity index (χ0v) is 8.79. The van der Waals surface area contributed by atoms with Gasteiger partial charge in [0.1, 0.15) is 6.61 Å². The van der Waals surface area contributed by atoms with Gasteiger partial charge in [-0.25, -0.2) is 9.86 Å². The van der Waals surface area contributed by atoms with Gasteiger partial charge in [0, 0.05) is 0 Å². The first-order valence-corrected chi connectivity index (χ1v) is 4.71. The van der Waals surface area contributed by atoms with E-state index in [2.05, 4.69) is 0 Å². The highest BCUT2D eigenvalue weighted by atomic mass is 16.6. The van der Waals surface area contributed by atoms with E-state index in [1.54, 1.807) is 12.1 Å². The summed E-state index contributed by atoms with van der Waals surface area (Å²) in [5.41, 5.74) is 0.836. The van der Waals surface area contributed by atoms with Crippen LogP contribution in [0.4, 0.5) is 0 Å². The average molecular weight is 222 g/mol. The van der Waals surface area contributed by atoms with Gasteiger partial charge in [0.25, 0.3) is 0 Å².